The molecule has 0 radical (unpaired) electrons. The number of rotatable bonds is 2. The number of hydrogen-bond acceptors (Lipinski definition) is 3. The molecule has 0 unspecified atom stereocenters. The van der Waals surface area contributed by atoms with Crippen LogP contribution in [0.1, 0.15) is 0 Å². The van der Waals surface area contributed by atoms with Crippen molar-refractivity contribution >= 4 is 60.6 Å². The third-order valence-corrected chi connectivity index (χ3v) is 3.73. The summed E-state index contributed by atoms with van der Waals surface area (Å²) in [6, 6.07) is 5.59. The van der Waals surface area contributed by atoms with Gasteiger partial charge in [0.15, 0.2) is 11.5 Å². The van der Waals surface area contributed by atoms with Gasteiger partial charge in [0, 0.05) is 23.1 Å². The van der Waals surface area contributed by atoms with Crippen LogP contribution in [0.4, 0.5) is 11.5 Å². The molecule has 0 aliphatic rings. The molecule has 0 amide bonds. The van der Waals surface area contributed by atoms with Crippen molar-refractivity contribution in [1.82, 2.24) is 14.4 Å². The second-order valence-corrected chi connectivity index (χ2v) is 5.95. The largest absolute Gasteiger partial charge is 0.336 e. The van der Waals surface area contributed by atoms with Gasteiger partial charge in [-0.15, -0.1) is 0 Å². The first kappa shape index (κ1) is 12.9. The van der Waals surface area contributed by atoms with Crippen molar-refractivity contribution in [3.05, 3.63) is 50.9 Å². The number of anilines is 2. The SMILES string of the molecule is Clc1ccc(Br)cc1Nc1nc(Br)cn2ccnc12. The summed E-state index contributed by atoms with van der Waals surface area (Å²) in [5, 5.41) is 3.82. The van der Waals surface area contributed by atoms with Crippen LogP contribution in [0.3, 0.4) is 0 Å². The average Bonchev–Trinajstić information content (AvgIpc) is 2.82. The first-order valence-electron chi connectivity index (χ1n) is 5.35. The van der Waals surface area contributed by atoms with Crippen LogP contribution in [0.15, 0.2) is 45.9 Å². The Labute approximate surface area is 131 Å². The van der Waals surface area contributed by atoms with Crippen molar-refractivity contribution in [2.75, 3.05) is 5.32 Å². The van der Waals surface area contributed by atoms with E-state index in [2.05, 4.69) is 47.1 Å². The summed E-state index contributed by atoms with van der Waals surface area (Å²) in [4.78, 5) is 8.66. The topological polar surface area (TPSA) is 42.2 Å². The zero-order valence-corrected chi connectivity index (χ0v) is 13.4. The Bertz CT molecular complexity index is 757. The number of hydrogen-bond donors (Lipinski definition) is 1. The van der Waals surface area contributed by atoms with Crippen LogP contribution >= 0.6 is 43.5 Å². The molecule has 3 rings (SSSR count). The summed E-state index contributed by atoms with van der Waals surface area (Å²) in [6.45, 7) is 0. The zero-order chi connectivity index (χ0) is 13.4. The number of halogens is 3. The highest BCUT2D eigenvalue weighted by Gasteiger charge is 2.09. The molecule has 0 atom stereocenters. The Morgan fingerprint density at radius 1 is 1.26 bits per heavy atom. The molecule has 2 aromatic heterocycles. The zero-order valence-electron chi connectivity index (χ0n) is 9.44. The standard InChI is InChI=1S/C12H7Br2ClN4/c13-7-1-2-8(15)9(5-7)17-11-12-16-3-4-19(12)6-10(14)18-11/h1-6H,(H,17,18). The highest BCUT2D eigenvalue weighted by Crippen LogP contribution is 2.29. The van der Waals surface area contributed by atoms with E-state index < -0.39 is 0 Å². The summed E-state index contributed by atoms with van der Waals surface area (Å²) in [6.07, 6.45) is 5.42. The van der Waals surface area contributed by atoms with E-state index in [1.807, 2.05) is 35.0 Å². The fourth-order valence-corrected chi connectivity index (χ4v) is 2.63. The quantitative estimate of drug-likeness (QED) is 0.678. The van der Waals surface area contributed by atoms with E-state index in [-0.39, 0.29) is 0 Å². The third-order valence-electron chi connectivity index (χ3n) is 2.53. The van der Waals surface area contributed by atoms with Crippen molar-refractivity contribution in [2.24, 2.45) is 0 Å². The monoisotopic (exact) mass is 400 g/mol. The maximum absolute atomic E-state index is 6.16. The summed E-state index contributed by atoms with van der Waals surface area (Å²) in [7, 11) is 0. The molecule has 19 heavy (non-hydrogen) atoms. The van der Waals surface area contributed by atoms with E-state index in [4.69, 9.17) is 11.6 Å². The predicted octanol–water partition coefficient (Wildman–Crippen LogP) is 4.65. The van der Waals surface area contributed by atoms with Gasteiger partial charge in [-0.25, -0.2) is 9.97 Å². The molecule has 0 bridgehead atoms. The van der Waals surface area contributed by atoms with Crippen molar-refractivity contribution in [3.8, 4) is 0 Å². The minimum Gasteiger partial charge on any atom is -0.336 e. The first-order valence-corrected chi connectivity index (χ1v) is 7.31. The van der Waals surface area contributed by atoms with Crippen LogP contribution in [0.5, 0.6) is 0 Å². The molecule has 0 fully saturated rings. The number of nitrogens with zero attached hydrogens (tertiary/aromatic N) is 3. The summed E-state index contributed by atoms with van der Waals surface area (Å²) in [5.74, 6) is 0.638. The number of fused-ring (bicyclic) bond motifs is 1. The average molecular weight is 402 g/mol. The van der Waals surface area contributed by atoms with E-state index in [1.54, 1.807) is 6.20 Å². The van der Waals surface area contributed by atoms with Crippen molar-refractivity contribution in [1.29, 1.82) is 0 Å². The number of benzene rings is 1. The Morgan fingerprint density at radius 3 is 2.95 bits per heavy atom. The molecule has 3 aromatic rings. The van der Waals surface area contributed by atoms with Crippen LogP contribution in [-0.4, -0.2) is 14.4 Å². The molecule has 7 heteroatoms. The molecular formula is C12H7Br2ClN4. The molecular weight excluding hydrogens is 395 g/mol. The highest BCUT2D eigenvalue weighted by molar-refractivity contribution is 9.10. The molecule has 0 aliphatic carbocycles. The van der Waals surface area contributed by atoms with Crippen molar-refractivity contribution in [2.45, 2.75) is 0 Å². The summed E-state index contributed by atoms with van der Waals surface area (Å²) >= 11 is 13.0. The minimum absolute atomic E-state index is 0.620. The molecule has 2 heterocycles. The highest BCUT2D eigenvalue weighted by atomic mass is 79.9. The predicted molar refractivity (Wildman–Crippen MR) is 83.1 cm³/mol. The van der Waals surface area contributed by atoms with E-state index in [0.717, 1.165) is 15.8 Å². The van der Waals surface area contributed by atoms with Gasteiger partial charge in [-0.2, -0.15) is 0 Å². The Morgan fingerprint density at radius 2 is 2.11 bits per heavy atom. The maximum Gasteiger partial charge on any atom is 0.180 e. The van der Waals surface area contributed by atoms with Gasteiger partial charge in [0.05, 0.1) is 10.7 Å². The molecule has 1 aromatic carbocycles. The van der Waals surface area contributed by atoms with E-state index in [1.165, 1.54) is 0 Å². The van der Waals surface area contributed by atoms with Crippen molar-refractivity contribution < 1.29 is 0 Å². The maximum atomic E-state index is 6.16. The third kappa shape index (κ3) is 2.61. The molecule has 4 nitrogen and oxygen atoms in total. The van der Waals surface area contributed by atoms with Crippen LogP contribution in [0, 0.1) is 0 Å². The second-order valence-electron chi connectivity index (χ2n) is 3.82. The fraction of sp³-hybridized carbons (Fsp3) is 0. The Kier molecular flexibility index (Phi) is 3.47. The Hall–Kier alpha value is -1.11. The summed E-state index contributed by atoms with van der Waals surface area (Å²) in [5.41, 5.74) is 1.51. The lowest BCUT2D eigenvalue weighted by atomic mass is 10.3. The smallest absolute Gasteiger partial charge is 0.180 e. The van der Waals surface area contributed by atoms with Crippen LogP contribution in [-0.2, 0) is 0 Å². The van der Waals surface area contributed by atoms with Crippen LogP contribution < -0.4 is 5.32 Å². The van der Waals surface area contributed by atoms with Crippen molar-refractivity contribution in [3.63, 3.8) is 0 Å². The van der Waals surface area contributed by atoms with Gasteiger partial charge < -0.3 is 9.72 Å². The molecule has 1 N–H and O–H groups in total. The van der Waals surface area contributed by atoms with E-state index in [9.17, 15) is 0 Å². The Balaban J connectivity index is 2.10. The second kappa shape index (κ2) is 5.11. The normalized spacial score (nSPS) is 10.9. The lowest BCUT2D eigenvalue weighted by molar-refractivity contribution is 1.10. The minimum atomic E-state index is 0.620. The van der Waals surface area contributed by atoms with Gasteiger partial charge >= 0.3 is 0 Å². The molecule has 0 saturated carbocycles. The van der Waals surface area contributed by atoms with Gasteiger partial charge in [-0.05, 0) is 34.1 Å². The molecule has 0 saturated heterocycles. The van der Waals surface area contributed by atoms with E-state index >= 15 is 0 Å². The number of aromatic nitrogens is 3. The van der Waals surface area contributed by atoms with Gasteiger partial charge in [0.2, 0.25) is 0 Å². The van der Waals surface area contributed by atoms with Gasteiger partial charge in [-0.1, -0.05) is 27.5 Å². The van der Waals surface area contributed by atoms with Gasteiger partial charge in [0.25, 0.3) is 0 Å². The fourth-order valence-electron chi connectivity index (χ4n) is 1.71. The van der Waals surface area contributed by atoms with Crippen LogP contribution in [0.25, 0.3) is 5.65 Å². The van der Waals surface area contributed by atoms with Gasteiger partial charge in [0.1, 0.15) is 4.60 Å². The molecule has 0 spiro atoms. The molecule has 0 aliphatic heterocycles. The first-order chi connectivity index (χ1) is 9.13. The van der Waals surface area contributed by atoms with Gasteiger partial charge in [-0.3, -0.25) is 0 Å². The number of imidazole rings is 1. The van der Waals surface area contributed by atoms with Crippen LogP contribution in [0.2, 0.25) is 5.02 Å². The van der Waals surface area contributed by atoms with E-state index in [0.29, 0.717) is 15.4 Å². The lowest BCUT2D eigenvalue weighted by Crippen LogP contribution is -1.99. The lowest BCUT2D eigenvalue weighted by Gasteiger charge is -2.09. The number of nitrogens with one attached hydrogen (secondary N) is 1. The molecule has 96 valence electrons. The summed E-state index contributed by atoms with van der Waals surface area (Å²) < 4.78 is 3.53.